The minimum absolute atomic E-state index is 0.158. The molecule has 0 fully saturated rings. The van der Waals surface area contributed by atoms with E-state index in [1.807, 2.05) is 0 Å². The van der Waals surface area contributed by atoms with Crippen LogP contribution in [0.4, 0.5) is 0 Å². The molecule has 1 aliphatic carbocycles. The number of aryl methyl sites for hydroxylation is 1. The molecule has 3 heteroatoms. The number of nitrogens with two attached hydrogens (primary N) is 1. The van der Waals surface area contributed by atoms with Crippen molar-refractivity contribution in [2.45, 2.75) is 38.0 Å². The van der Waals surface area contributed by atoms with E-state index in [2.05, 4.69) is 29.6 Å². The number of nitrogens with one attached hydrogen (secondary N) is 1. The first-order valence-electron chi connectivity index (χ1n) is 6.86. The highest BCUT2D eigenvalue weighted by atomic mass is 16.1. The summed E-state index contributed by atoms with van der Waals surface area (Å²) >= 11 is 0. The molecule has 0 aliphatic heterocycles. The molecule has 1 aromatic rings. The summed E-state index contributed by atoms with van der Waals surface area (Å²) in [5.41, 5.74) is 8.20. The molecular formula is C15H22N2O. The van der Waals surface area contributed by atoms with Crippen molar-refractivity contribution in [3.63, 3.8) is 0 Å². The molecule has 0 aromatic heterocycles. The Labute approximate surface area is 109 Å². The summed E-state index contributed by atoms with van der Waals surface area (Å²) in [4.78, 5) is 11.8. The Morgan fingerprint density at radius 3 is 3.06 bits per heavy atom. The molecule has 0 spiro atoms. The van der Waals surface area contributed by atoms with Gasteiger partial charge < -0.3 is 11.1 Å². The molecular weight excluding hydrogens is 224 g/mol. The Bertz CT molecular complexity index is 403. The highest BCUT2D eigenvalue weighted by Crippen LogP contribution is 2.33. The SMILES string of the molecule is NCCCNC(=O)CC1CCCc2ccccc21. The van der Waals surface area contributed by atoms with Crippen LogP contribution in [-0.4, -0.2) is 19.0 Å². The maximum absolute atomic E-state index is 11.8. The fraction of sp³-hybridized carbons (Fsp3) is 0.533. The van der Waals surface area contributed by atoms with Gasteiger partial charge in [-0.3, -0.25) is 4.79 Å². The van der Waals surface area contributed by atoms with Gasteiger partial charge in [0.25, 0.3) is 0 Å². The predicted octanol–water partition coefficient (Wildman–Crippen LogP) is 1.96. The Balaban J connectivity index is 1.92. The van der Waals surface area contributed by atoms with E-state index in [0.29, 0.717) is 25.4 Å². The lowest BCUT2D eigenvalue weighted by atomic mass is 9.81. The maximum atomic E-state index is 11.8. The van der Waals surface area contributed by atoms with Crippen LogP contribution in [0.15, 0.2) is 24.3 Å². The number of rotatable bonds is 5. The predicted molar refractivity (Wildman–Crippen MR) is 73.4 cm³/mol. The van der Waals surface area contributed by atoms with Crippen LogP contribution >= 0.6 is 0 Å². The van der Waals surface area contributed by atoms with Crippen LogP contribution in [0.5, 0.6) is 0 Å². The Kier molecular flexibility index (Phi) is 4.76. The number of carbonyl (C=O) groups excluding carboxylic acids is 1. The van der Waals surface area contributed by atoms with Crippen molar-refractivity contribution in [1.82, 2.24) is 5.32 Å². The van der Waals surface area contributed by atoms with Crippen LogP contribution in [-0.2, 0) is 11.2 Å². The van der Waals surface area contributed by atoms with Gasteiger partial charge in [0.2, 0.25) is 5.91 Å². The second-order valence-electron chi connectivity index (χ2n) is 4.98. The van der Waals surface area contributed by atoms with Crippen LogP contribution < -0.4 is 11.1 Å². The normalized spacial score (nSPS) is 18.2. The Morgan fingerprint density at radius 2 is 2.22 bits per heavy atom. The lowest BCUT2D eigenvalue weighted by Gasteiger charge is -2.25. The third kappa shape index (κ3) is 3.33. The molecule has 1 aliphatic rings. The fourth-order valence-electron chi connectivity index (χ4n) is 2.69. The molecule has 0 radical (unpaired) electrons. The van der Waals surface area contributed by atoms with Gasteiger partial charge in [0.1, 0.15) is 0 Å². The smallest absolute Gasteiger partial charge is 0.220 e. The molecule has 0 heterocycles. The van der Waals surface area contributed by atoms with Crippen LogP contribution in [0.25, 0.3) is 0 Å². The molecule has 0 bridgehead atoms. The van der Waals surface area contributed by atoms with Gasteiger partial charge in [-0.25, -0.2) is 0 Å². The maximum Gasteiger partial charge on any atom is 0.220 e. The van der Waals surface area contributed by atoms with E-state index in [1.54, 1.807) is 0 Å². The van der Waals surface area contributed by atoms with E-state index >= 15 is 0 Å². The summed E-state index contributed by atoms with van der Waals surface area (Å²) in [6.07, 6.45) is 4.94. The molecule has 18 heavy (non-hydrogen) atoms. The highest BCUT2D eigenvalue weighted by molar-refractivity contribution is 5.77. The van der Waals surface area contributed by atoms with Crippen LogP contribution in [0, 0.1) is 0 Å². The standard InChI is InChI=1S/C15H22N2O/c16-9-4-10-17-15(18)11-13-7-3-6-12-5-1-2-8-14(12)13/h1-2,5,8,13H,3-4,6-7,9-11,16H2,(H,17,18). The average Bonchev–Trinajstić information content (AvgIpc) is 2.39. The molecule has 0 saturated heterocycles. The minimum atomic E-state index is 0.158. The van der Waals surface area contributed by atoms with Crippen molar-refractivity contribution in [3.05, 3.63) is 35.4 Å². The first-order valence-corrected chi connectivity index (χ1v) is 6.86. The van der Waals surface area contributed by atoms with Crippen LogP contribution in [0.2, 0.25) is 0 Å². The van der Waals surface area contributed by atoms with E-state index in [4.69, 9.17) is 5.73 Å². The second-order valence-corrected chi connectivity index (χ2v) is 4.98. The third-order valence-electron chi connectivity index (χ3n) is 3.63. The number of carbonyl (C=O) groups is 1. The zero-order chi connectivity index (χ0) is 12.8. The summed E-state index contributed by atoms with van der Waals surface area (Å²) in [7, 11) is 0. The van der Waals surface area contributed by atoms with Crippen molar-refractivity contribution in [2.24, 2.45) is 5.73 Å². The lowest BCUT2D eigenvalue weighted by molar-refractivity contribution is -0.121. The molecule has 3 nitrogen and oxygen atoms in total. The van der Waals surface area contributed by atoms with Crippen molar-refractivity contribution in [1.29, 1.82) is 0 Å². The highest BCUT2D eigenvalue weighted by Gasteiger charge is 2.21. The number of hydrogen-bond acceptors (Lipinski definition) is 2. The van der Waals surface area contributed by atoms with E-state index in [1.165, 1.54) is 17.5 Å². The van der Waals surface area contributed by atoms with E-state index < -0.39 is 0 Å². The van der Waals surface area contributed by atoms with Crippen molar-refractivity contribution >= 4 is 5.91 Å². The third-order valence-corrected chi connectivity index (χ3v) is 3.63. The molecule has 1 aromatic carbocycles. The largest absolute Gasteiger partial charge is 0.356 e. The summed E-state index contributed by atoms with van der Waals surface area (Å²) in [6, 6.07) is 8.52. The van der Waals surface area contributed by atoms with E-state index in [-0.39, 0.29) is 5.91 Å². The zero-order valence-electron chi connectivity index (χ0n) is 10.8. The number of amides is 1. The van der Waals surface area contributed by atoms with E-state index in [9.17, 15) is 4.79 Å². The van der Waals surface area contributed by atoms with Gasteiger partial charge in [0.05, 0.1) is 0 Å². The van der Waals surface area contributed by atoms with Gasteiger partial charge in [-0.15, -0.1) is 0 Å². The summed E-state index contributed by atoms with van der Waals surface area (Å²) < 4.78 is 0. The van der Waals surface area contributed by atoms with Crippen molar-refractivity contribution in [2.75, 3.05) is 13.1 Å². The van der Waals surface area contributed by atoms with Crippen LogP contribution in [0.3, 0.4) is 0 Å². The molecule has 2 rings (SSSR count). The topological polar surface area (TPSA) is 55.1 Å². The molecule has 0 saturated carbocycles. The summed E-state index contributed by atoms with van der Waals surface area (Å²) in [5.74, 6) is 0.554. The first-order chi connectivity index (χ1) is 8.81. The second kappa shape index (κ2) is 6.55. The molecule has 1 amide bonds. The number of hydrogen-bond donors (Lipinski definition) is 2. The van der Waals surface area contributed by atoms with E-state index in [0.717, 1.165) is 19.3 Å². The van der Waals surface area contributed by atoms with Crippen molar-refractivity contribution in [3.8, 4) is 0 Å². The Morgan fingerprint density at radius 1 is 1.39 bits per heavy atom. The van der Waals surface area contributed by atoms with Gasteiger partial charge in [-0.2, -0.15) is 0 Å². The molecule has 98 valence electrons. The molecule has 1 unspecified atom stereocenters. The quantitative estimate of drug-likeness (QED) is 0.780. The lowest BCUT2D eigenvalue weighted by Crippen LogP contribution is -2.28. The molecule has 1 atom stereocenters. The van der Waals surface area contributed by atoms with Gasteiger partial charge >= 0.3 is 0 Å². The number of benzene rings is 1. The zero-order valence-corrected chi connectivity index (χ0v) is 10.8. The first kappa shape index (κ1) is 13.1. The minimum Gasteiger partial charge on any atom is -0.356 e. The van der Waals surface area contributed by atoms with Gasteiger partial charge in [-0.1, -0.05) is 24.3 Å². The van der Waals surface area contributed by atoms with Gasteiger partial charge in [0.15, 0.2) is 0 Å². The Hall–Kier alpha value is -1.35. The fourth-order valence-corrected chi connectivity index (χ4v) is 2.69. The van der Waals surface area contributed by atoms with Gasteiger partial charge in [0, 0.05) is 13.0 Å². The van der Waals surface area contributed by atoms with Gasteiger partial charge in [-0.05, 0) is 49.3 Å². The van der Waals surface area contributed by atoms with Crippen molar-refractivity contribution < 1.29 is 4.79 Å². The molecule has 3 N–H and O–H groups in total. The average molecular weight is 246 g/mol. The summed E-state index contributed by atoms with van der Waals surface area (Å²) in [5, 5.41) is 2.94. The monoisotopic (exact) mass is 246 g/mol. The van der Waals surface area contributed by atoms with Crippen LogP contribution in [0.1, 0.15) is 42.7 Å². The summed E-state index contributed by atoms with van der Waals surface area (Å²) in [6.45, 7) is 1.33. The number of fused-ring (bicyclic) bond motifs is 1.